The molecule has 0 radical (unpaired) electrons. The van der Waals surface area contributed by atoms with Gasteiger partial charge in [0.05, 0.1) is 0 Å². The van der Waals surface area contributed by atoms with Crippen molar-refractivity contribution in [2.75, 3.05) is 6.61 Å². The number of aliphatic carboxylic acids is 1. The molecular formula is C15H23NO3. The monoisotopic (exact) mass is 265 g/mol. The zero-order valence-electron chi connectivity index (χ0n) is 12.3. The third kappa shape index (κ3) is 4.24. The minimum absolute atomic E-state index is 0.0730. The number of carboxylic acids is 1. The second kappa shape index (κ2) is 6.06. The zero-order valence-corrected chi connectivity index (χ0v) is 12.3. The molecule has 4 nitrogen and oxygen atoms in total. The number of aryl methyl sites for hydroxylation is 2. The summed E-state index contributed by atoms with van der Waals surface area (Å²) in [5.74, 6) is -0.186. The number of benzene rings is 1. The molecule has 0 aliphatic rings. The summed E-state index contributed by atoms with van der Waals surface area (Å²) >= 11 is 0. The van der Waals surface area contributed by atoms with Crippen LogP contribution in [-0.2, 0) is 4.79 Å². The van der Waals surface area contributed by atoms with E-state index < -0.39 is 11.5 Å². The molecule has 0 spiro atoms. The van der Waals surface area contributed by atoms with Crippen molar-refractivity contribution < 1.29 is 14.6 Å². The Bertz CT molecular complexity index is 457. The Morgan fingerprint density at radius 3 is 2.53 bits per heavy atom. The van der Waals surface area contributed by atoms with Gasteiger partial charge in [-0.2, -0.15) is 0 Å². The summed E-state index contributed by atoms with van der Waals surface area (Å²) < 4.78 is 5.68. The fourth-order valence-electron chi connectivity index (χ4n) is 1.99. The van der Waals surface area contributed by atoms with Crippen LogP contribution in [0, 0.1) is 13.8 Å². The molecule has 19 heavy (non-hydrogen) atoms. The lowest BCUT2D eigenvalue weighted by Crippen LogP contribution is -2.56. The van der Waals surface area contributed by atoms with E-state index in [0.29, 0.717) is 0 Å². The molecule has 0 saturated heterocycles. The normalized spacial score (nSPS) is 14.2. The van der Waals surface area contributed by atoms with E-state index in [9.17, 15) is 9.90 Å². The highest BCUT2D eigenvalue weighted by Gasteiger charge is 2.34. The second-order valence-electron chi connectivity index (χ2n) is 5.49. The molecule has 4 heteroatoms. The smallest absolute Gasteiger partial charge is 0.327 e. The van der Waals surface area contributed by atoms with Gasteiger partial charge in [0.2, 0.25) is 0 Å². The molecule has 0 bridgehead atoms. The molecule has 1 atom stereocenters. The summed E-state index contributed by atoms with van der Waals surface area (Å²) in [5.41, 5.74) is 1.08. The van der Waals surface area contributed by atoms with E-state index >= 15 is 0 Å². The summed E-state index contributed by atoms with van der Waals surface area (Å²) in [6.07, 6.45) is 0. The van der Waals surface area contributed by atoms with Gasteiger partial charge in [-0.05, 0) is 46.2 Å². The first kappa shape index (κ1) is 15.5. The van der Waals surface area contributed by atoms with Gasteiger partial charge in [0.1, 0.15) is 17.9 Å². The van der Waals surface area contributed by atoms with Crippen molar-refractivity contribution in [1.82, 2.24) is 5.32 Å². The summed E-state index contributed by atoms with van der Waals surface area (Å²) in [4.78, 5) is 11.4. The number of hydrogen-bond donors (Lipinski definition) is 2. The molecule has 0 saturated carbocycles. The Morgan fingerprint density at radius 1 is 1.42 bits per heavy atom. The van der Waals surface area contributed by atoms with Gasteiger partial charge in [-0.15, -0.1) is 0 Å². The van der Waals surface area contributed by atoms with Crippen LogP contribution in [0.4, 0.5) is 0 Å². The third-order valence-electron chi connectivity index (χ3n) is 2.93. The lowest BCUT2D eigenvalue weighted by molar-refractivity contribution is -0.145. The van der Waals surface area contributed by atoms with Crippen molar-refractivity contribution in [2.24, 2.45) is 0 Å². The van der Waals surface area contributed by atoms with E-state index in [-0.39, 0.29) is 12.6 Å². The number of carbonyl (C=O) groups is 1. The maximum Gasteiger partial charge on any atom is 0.327 e. The fraction of sp³-hybridized carbons (Fsp3) is 0.533. The van der Waals surface area contributed by atoms with Crippen molar-refractivity contribution in [3.05, 3.63) is 29.3 Å². The molecule has 0 heterocycles. The number of rotatable bonds is 6. The Labute approximate surface area is 114 Å². The quantitative estimate of drug-likeness (QED) is 0.830. The molecule has 0 aliphatic carbocycles. The van der Waals surface area contributed by atoms with Crippen LogP contribution in [0.5, 0.6) is 5.75 Å². The average Bonchev–Trinajstić information content (AvgIpc) is 2.26. The first-order chi connectivity index (χ1) is 8.74. The van der Waals surface area contributed by atoms with Crippen LogP contribution >= 0.6 is 0 Å². The predicted molar refractivity (Wildman–Crippen MR) is 75.7 cm³/mol. The number of nitrogens with one attached hydrogen (secondary N) is 1. The molecule has 1 aromatic carbocycles. The average molecular weight is 265 g/mol. The van der Waals surface area contributed by atoms with E-state index in [4.69, 9.17) is 4.74 Å². The predicted octanol–water partition coefficient (Wildman–Crippen LogP) is 2.52. The second-order valence-corrected chi connectivity index (χ2v) is 5.49. The topological polar surface area (TPSA) is 58.6 Å². The Hall–Kier alpha value is -1.55. The van der Waals surface area contributed by atoms with Gasteiger partial charge in [0, 0.05) is 6.04 Å². The molecule has 2 N–H and O–H groups in total. The minimum atomic E-state index is -1.09. The molecular weight excluding hydrogens is 242 g/mol. The molecule has 0 aliphatic heterocycles. The third-order valence-corrected chi connectivity index (χ3v) is 2.93. The molecule has 106 valence electrons. The first-order valence-corrected chi connectivity index (χ1v) is 6.46. The number of ether oxygens (including phenoxy) is 1. The molecule has 0 aromatic heterocycles. The number of hydrogen-bond acceptors (Lipinski definition) is 3. The Balaban J connectivity index is 2.79. The van der Waals surface area contributed by atoms with Crippen LogP contribution < -0.4 is 10.1 Å². The van der Waals surface area contributed by atoms with Crippen LogP contribution in [0.1, 0.15) is 31.9 Å². The molecule has 1 unspecified atom stereocenters. The highest BCUT2D eigenvalue weighted by atomic mass is 16.5. The fourth-order valence-corrected chi connectivity index (χ4v) is 1.99. The maximum absolute atomic E-state index is 11.4. The lowest BCUT2D eigenvalue weighted by Gasteiger charge is -2.28. The van der Waals surface area contributed by atoms with Gasteiger partial charge in [-0.25, -0.2) is 0 Å². The van der Waals surface area contributed by atoms with E-state index in [0.717, 1.165) is 16.9 Å². The first-order valence-electron chi connectivity index (χ1n) is 6.46. The van der Waals surface area contributed by atoms with Crippen molar-refractivity contribution in [3.8, 4) is 5.75 Å². The van der Waals surface area contributed by atoms with Crippen molar-refractivity contribution in [2.45, 2.75) is 46.2 Å². The molecule has 1 rings (SSSR count). The van der Waals surface area contributed by atoms with Crippen LogP contribution in [-0.4, -0.2) is 29.3 Å². The highest BCUT2D eigenvalue weighted by molar-refractivity contribution is 5.78. The standard InChI is InChI=1S/C15H23NO3/c1-10(2)16-15(5,14(17)18)9-19-13-7-6-11(3)8-12(13)4/h6-8,10,16H,9H2,1-5H3,(H,17,18). The SMILES string of the molecule is Cc1ccc(OCC(C)(NC(C)C)C(=O)O)c(C)c1. The maximum atomic E-state index is 11.4. The van der Waals surface area contributed by atoms with Gasteiger partial charge in [0.25, 0.3) is 0 Å². The van der Waals surface area contributed by atoms with E-state index in [2.05, 4.69) is 5.32 Å². The molecule has 1 aromatic rings. The molecule has 0 fully saturated rings. The van der Waals surface area contributed by atoms with Crippen LogP contribution in [0.15, 0.2) is 18.2 Å². The van der Waals surface area contributed by atoms with E-state index in [1.165, 1.54) is 0 Å². The summed E-state index contributed by atoms with van der Waals surface area (Å²) in [5, 5.41) is 12.4. The number of carboxylic acid groups (broad SMARTS) is 1. The van der Waals surface area contributed by atoms with Crippen LogP contribution in [0.2, 0.25) is 0 Å². The van der Waals surface area contributed by atoms with Crippen LogP contribution in [0.3, 0.4) is 0 Å². The summed E-state index contributed by atoms with van der Waals surface area (Å²) in [7, 11) is 0. The zero-order chi connectivity index (χ0) is 14.6. The van der Waals surface area contributed by atoms with Gasteiger partial charge < -0.3 is 9.84 Å². The van der Waals surface area contributed by atoms with Gasteiger partial charge in [-0.3, -0.25) is 10.1 Å². The van der Waals surface area contributed by atoms with Gasteiger partial charge >= 0.3 is 5.97 Å². The Kier molecular flexibility index (Phi) is 4.95. The van der Waals surface area contributed by atoms with Gasteiger partial charge in [0.15, 0.2) is 0 Å². The van der Waals surface area contributed by atoms with Gasteiger partial charge in [-0.1, -0.05) is 17.7 Å². The van der Waals surface area contributed by atoms with Crippen molar-refractivity contribution in [3.63, 3.8) is 0 Å². The summed E-state index contributed by atoms with van der Waals surface area (Å²) in [6, 6.07) is 5.92. The van der Waals surface area contributed by atoms with E-state index in [1.54, 1.807) is 6.92 Å². The van der Waals surface area contributed by atoms with E-state index in [1.807, 2.05) is 45.9 Å². The Morgan fingerprint density at radius 2 is 2.05 bits per heavy atom. The van der Waals surface area contributed by atoms with Crippen molar-refractivity contribution >= 4 is 5.97 Å². The van der Waals surface area contributed by atoms with Crippen molar-refractivity contribution in [1.29, 1.82) is 0 Å². The minimum Gasteiger partial charge on any atom is -0.491 e. The lowest BCUT2D eigenvalue weighted by atomic mass is 10.0. The largest absolute Gasteiger partial charge is 0.491 e. The highest BCUT2D eigenvalue weighted by Crippen LogP contribution is 2.20. The summed E-state index contributed by atoms with van der Waals surface area (Å²) in [6.45, 7) is 9.52. The van der Waals surface area contributed by atoms with Crippen LogP contribution in [0.25, 0.3) is 0 Å². The molecule has 0 amide bonds.